The molecular weight excluding hydrogens is 478 g/mol. The Morgan fingerprint density at radius 3 is 2.78 bits per heavy atom. The molecule has 1 aliphatic rings. The first kappa shape index (κ1) is 23.8. The Bertz CT molecular complexity index is 932. The maximum Gasteiger partial charge on any atom is 0.269 e. The second-order valence-corrected chi connectivity index (χ2v) is 8.61. The molecule has 8 nitrogen and oxygen atoms in total. The fraction of sp³-hybridized carbons (Fsp3) is 0.435. The largest absolute Gasteiger partial charge is 0.492 e. The lowest BCUT2D eigenvalue weighted by atomic mass is 10.1. The molecule has 1 unspecified atom stereocenters. The van der Waals surface area contributed by atoms with Crippen molar-refractivity contribution >= 4 is 33.7 Å². The highest BCUT2D eigenvalue weighted by molar-refractivity contribution is 9.10. The molecule has 9 heteroatoms. The summed E-state index contributed by atoms with van der Waals surface area (Å²) in [6, 6.07) is 8.54. The standard InChI is InChI=1S/C23H28BrN3O5/c1-2-3-4-5-10-32-20-9-8-16(12-19(20)24)22(29)25-26-23(30)17-13-21(28)27(14-17)15-18-7-6-11-31-18/h6-9,11-12,17H,2-5,10,13-15H2,1H3,(H,25,29)(H,26,30). The number of hydrazine groups is 1. The van der Waals surface area contributed by atoms with E-state index in [1.807, 2.05) is 0 Å². The lowest BCUT2D eigenvalue weighted by Gasteiger charge is -2.15. The molecule has 0 bridgehead atoms. The number of rotatable bonds is 10. The van der Waals surface area contributed by atoms with E-state index in [9.17, 15) is 14.4 Å². The number of likely N-dealkylation sites (tertiary alicyclic amines) is 1. The second-order valence-electron chi connectivity index (χ2n) is 7.75. The Morgan fingerprint density at radius 1 is 1.22 bits per heavy atom. The van der Waals surface area contributed by atoms with Crippen LogP contribution in [0.4, 0.5) is 0 Å². The Balaban J connectivity index is 1.45. The van der Waals surface area contributed by atoms with Crippen LogP contribution in [0.15, 0.2) is 45.5 Å². The fourth-order valence-electron chi connectivity index (χ4n) is 3.45. The fourth-order valence-corrected chi connectivity index (χ4v) is 3.95. The molecule has 0 spiro atoms. The summed E-state index contributed by atoms with van der Waals surface area (Å²) in [4.78, 5) is 38.6. The molecule has 1 aliphatic heterocycles. The summed E-state index contributed by atoms with van der Waals surface area (Å²) < 4.78 is 11.7. The van der Waals surface area contributed by atoms with E-state index in [1.165, 1.54) is 12.8 Å². The van der Waals surface area contributed by atoms with Crippen molar-refractivity contribution in [3.05, 3.63) is 52.4 Å². The molecule has 0 aliphatic carbocycles. The van der Waals surface area contributed by atoms with Crippen LogP contribution in [0.5, 0.6) is 5.75 Å². The molecule has 2 N–H and O–H groups in total. The van der Waals surface area contributed by atoms with Crippen molar-refractivity contribution in [3.8, 4) is 5.75 Å². The SMILES string of the molecule is CCCCCCOc1ccc(C(=O)NNC(=O)C2CC(=O)N(Cc3ccco3)C2)cc1Br. The van der Waals surface area contributed by atoms with Crippen LogP contribution >= 0.6 is 15.9 Å². The number of halogens is 1. The van der Waals surface area contributed by atoms with Gasteiger partial charge in [0.15, 0.2) is 0 Å². The lowest BCUT2D eigenvalue weighted by molar-refractivity contribution is -0.129. The molecule has 2 aromatic rings. The highest BCUT2D eigenvalue weighted by atomic mass is 79.9. The number of nitrogens with zero attached hydrogens (tertiary/aromatic N) is 1. The number of carbonyl (C=O) groups is 3. The predicted octanol–water partition coefficient (Wildman–Crippen LogP) is 3.81. The summed E-state index contributed by atoms with van der Waals surface area (Å²) >= 11 is 3.43. The van der Waals surface area contributed by atoms with Gasteiger partial charge in [0, 0.05) is 18.5 Å². The molecular formula is C23H28BrN3O5. The van der Waals surface area contributed by atoms with Crippen molar-refractivity contribution in [3.63, 3.8) is 0 Å². The average molecular weight is 506 g/mol. The predicted molar refractivity (Wildman–Crippen MR) is 122 cm³/mol. The topological polar surface area (TPSA) is 101 Å². The number of ether oxygens (including phenoxy) is 1. The molecule has 2 heterocycles. The molecule has 1 aromatic carbocycles. The van der Waals surface area contributed by atoms with Gasteiger partial charge in [-0.2, -0.15) is 0 Å². The Morgan fingerprint density at radius 2 is 2.06 bits per heavy atom. The quantitative estimate of drug-likeness (QED) is 0.377. The number of hydrogen-bond acceptors (Lipinski definition) is 5. The summed E-state index contributed by atoms with van der Waals surface area (Å²) in [5, 5.41) is 0. The van der Waals surface area contributed by atoms with E-state index in [-0.39, 0.29) is 18.9 Å². The van der Waals surface area contributed by atoms with Gasteiger partial charge in [0.05, 0.1) is 29.8 Å². The zero-order valence-electron chi connectivity index (χ0n) is 18.1. The number of amides is 3. The minimum absolute atomic E-state index is 0.0955. The molecule has 3 amide bonds. The molecule has 3 rings (SSSR count). The summed E-state index contributed by atoms with van der Waals surface area (Å²) in [7, 11) is 0. The second kappa shape index (κ2) is 11.7. The van der Waals surface area contributed by atoms with Gasteiger partial charge in [-0.25, -0.2) is 0 Å². The normalized spacial score (nSPS) is 15.6. The highest BCUT2D eigenvalue weighted by Crippen LogP contribution is 2.26. The van der Waals surface area contributed by atoms with Crippen molar-refractivity contribution in [1.82, 2.24) is 15.8 Å². The van der Waals surface area contributed by atoms with Crippen molar-refractivity contribution in [2.75, 3.05) is 13.2 Å². The van der Waals surface area contributed by atoms with E-state index in [0.29, 0.717) is 34.7 Å². The Labute approximate surface area is 195 Å². The van der Waals surface area contributed by atoms with E-state index in [1.54, 1.807) is 41.5 Å². The van der Waals surface area contributed by atoms with E-state index in [0.717, 1.165) is 12.8 Å². The number of benzene rings is 1. The summed E-state index contributed by atoms with van der Waals surface area (Å²) in [5.74, 6) is -0.185. The van der Waals surface area contributed by atoms with Crippen LogP contribution in [0.3, 0.4) is 0 Å². The van der Waals surface area contributed by atoms with E-state index in [2.05, 4.69) is 33.7 Å². The van der Waals surface area contributed by atoms with Crippen LogP contribution in [0, 0.1) is 5.92 Å². The third-order valence-electron chi connectivity index (χ3n) is 5.26. The molecule has 1 saturated heterocycles. The van der Waals surface area contributed by atoms with E-state index in [4.69, 9.17) is 9.15 Å². The summed E-state index contributed by atoms with van der Waals surface area (Å²) in [5.41, 5.74) is 5.21. The minimum Gasteiger partial charge on any atom is -0.492 e. The number of nitrogens with one attached hydrogen (secondary N) is 2. The first-order chi connectivity index (χ1) is 15.5. The number of furan rings is 1. The summed E-state index contributed by atoms with van der Waals surface area (Å²) in [6.45, 7) is 3.38. The number of unbranched alkanes of at least 4 members (excludes halogenated alkanes) is 3. The third kappa shape index (κ3) is 6.59. The van der Waals surface area contributed by atoms with Crippen LogP contribution in [0.25, 0.3) is 0 Å². The lowest BCUT2D eigenvalue weighted by Crippen LogP contribution is -2.45. The Hall–Kier alpha value is -2.81. The van der Waals surface area contributed by atoms with Crippen LogP contribution < -0.4 is 15.6 Å². The van der Waals surface area contributed by atoms with Gasteiger partial charge in [-0.1, -0.05) is 26.2 Å². The zero-order valence-corrected chi connectivity index (χ0v) is 19.7. The van der Waals surface area contributed by atoms with Crippen molar-refractivity contribution in [1.29, 1.82) is 0 Å². The smallest absolute Gasteiger partial charge is 0.269 e. The molecule has 0 saturated carbocycles. The van der Waals surface area contributed by atoms with Gasteiger partial charge in [-0.3, -0.25) is 25.2 Å². The van der Waals surface area contributed by atoms with Gasteiger partial charge in [0.25, 0.3) is 5.91 Å². The van der Waals surface area contributed by atoms with Crippen molar-refractivity contribution in [2.24, 2.45) is 5.92 Å². The van der Waals surface area contributed by atoms with E-state index < -0.39 is 17.7 Å². The first-order valence-corrected chi connectivity index (χ1v) is 11.6. The molecule has 1 atom stereocenters. The van der Waals surface area contributed by atoms with Gasteiger partial charge < -0.3 is 14.1 Å². The molecule has 172 valence electrons. The number of carbonyl (C=O) groups excluding carboxylic acids is 3. The van der Waals surface area contributed by atoms with Crippen molar-refractivity contribution in [2.45, 2.75) is 45.6 Å². The maximum absolute atomic E-state index is 12.4. The average Bonchev–Trinajstić information content (AvgIpc) is 3.43. The molecule has 0 radical (unpaired) electrons. The minimum atomic E-state index is -0.534. The Kier molecular flexibility index (Phi) is 8.72. The molecule has 1 fully saturated rings. The van der Waals surface area contributed by atoms with Gasteiger partial charge in [-0.05, 0) is 52.7 Å². The van der Waals surface area contributed by atoms with Gasteiger partial charge in [-0.15, -0.1) is 0 Å². The van der Waals surface area contributed by atoms with Crippen LogP contribution in [0.2, 0.25) is 0 Å². The van der Waals surface area contributed by atoms with Crippen molar-refractivity contribution < 1.29 is 23.5 Å². The summed E-state index contributed by atoms with van der Waals surface area (Å²) in [6.07, 6.45) is 6.10. The van der Waals surface area contributed by atoms with Gasteiger partial charge in [0.1, 0.15) is 11.5 Å². The van der Waals surface area contributed by atoms with Crippen LogP contribution in [0.1, 0.15) is 55.1 Å². The van der Waals surface area contributed by atoms with Crippen LogP contribution in [-0.4, -0.2) is 35.8 Å². The van der Waals surface area contributed by atoms with Gasteiger partial charge in [0.2, 0.25) is 11.8 Å². The third-order valence-corrected chi connectivity index (χ3v) is 5.88. The monoisotopic (exact) mass is 505 g/mol. The first-order valence-electron chi connectivity index (χ1n) is 10.8. The molecule has 32 heavy (non-hydrogen) atoms. The number of hydrogen-bond donors (Lipinski definition) is 2. The van der Waals surface area contributed by atoms with E-state index >= 15 is 0 Å². The zero-order chi connectivity index (χ0) is 22.9. The highest BCUT2D eigenvalue weighted by Gasteiger charge is 2.34. The maximum atomic E-state index is 12.4. The molecule has 1 aromatic heterocycles. The van der Waals surface area contributed by atoms with Gasteiger partial charge >= 0.3 is 0 Å². The van der Waals surface area contributed by atoms with Crippen LogP contribution in [-0.2, 0) is 16.1 Å².